The second-order valence-electron chi connectivity index (χ2n) is 10.4. The monoisotopic (exact) mass is 541 g/mol. The van der Waals surface area contributed by atoms with Crippen molar-refractivity contribution in [3.05, 3.63) is 94.7 Å². The van der Waals surface area contributed by atoms with Crippen molar-refractivity contribution in [1.29, 1.82) is 0 Å². The fourth-order valence-electron chi connectivity index (χ4n) is 4.72. The molecule has 40 heavy (non-hydrogen) atoms. The van der Waals surface area contributed by atoms with E-state index < -0.39 is 5.97 Å². The Bertz CT molecular complexity index is 1400. The number of aliphatic hydroxyl groups is 1. The van der Waals surface area contributed by atoms with Gasteiger partial charge in [0.2, 0.25) is 5.88 Å². The molecule has 8 heteroatoms. The number of carbonyl (C=O) groups is 2. The summed E-state index contributed by atoms with van der Waals surface area (Å²) >= 11 is 0. The molecule has 2 aromatic carbocycles. The van der Waals surface area contributed by atoms with Crippen LogP contribution in [-0.4, -0.2) is 75.8 Å². The normalized spacial score (nSPS) is 17.6. The summed E-state index contributed by atoms with van der Waals surface area (Å²) in [7, 11) is 1.95. The SMILES string of the molecule is C[C@H]1CN([C@@H](C)CO)C(=O)c2cc(C#CCc3ccccc3)cnc2O[C@H]1CN(C)Cc1cccc(C(=O)O)c1. The first-order valence-corrected chi connectivity index (χ1v) is 13.4. The minimum atomic E-state index is -0.962. The molecule has 0 spiro atoms. The molecule has 0 radical (unpaired) electrons. The van der Waals surface area contributed by atoms with Gasteiger partial charge in [-0.1, -0.05) is 61.2 Å². The summed E-state index contributed by atoms with van der Waals surface area (Å²) in [6.45, 7) is 5.12. The van der Waals surface area contributed by atoms with E-state index >= 15 is 0 Å². The van der Waals surface area contributed by atoms with Crippen LogP contribution in [0.15, 0.2) is 66.9 Å². The molecular weight excluding hydrogens is 506 g/mol. The highest BCUT2D eigenvalue weighted by Gasteiger charge is 2.34. The molecule has 3 aromatic rings. The smallest absolute Gasteiger partial charge is 0.335 e. The zero-order valence-electron chi connectivity index (χ0n) is 23.1. The van der Waals surface area contributed by atoms with Gasteiger partial charge in [-0.2, -0.15) is 0 Å². The van der Waals surface area contributed by atoms with E-state index in [1.165, 1.54) is 0 Å². The Morgan fingerprint density at radius 3 is 2.65 bits per heavy atom. The number of amides is 1. The van der Waals surface area contributed by atoms with Crippen LogP contribution in [0.3, 0.4) is 0 Å². The summed E-state index contributed by atoms with van der Waals surface area (Å²) in [5.41, 5.74) is 3.16. The number of likely N-dealkylation sites (N-methyl/N-ethyl adjacent to an activating group) is 1. The van der Waals surface area contributed by atoms with Crippen molar-refractivity contribution in [2.75, 3.05) is 26.7 Å². The molecule has 0 bridgehead atoms. The number of aromatic carboxylic acids is 1. The number of nitrogens with zero attached hydrogens (tertiary/aromatic N) is 3. The quantitative estimate of drug-likeness (QED) is 0.419. The molecule has 0 unspecified atom stereocenters. The van der Waals surface area contributed by atoms with Gasteiger partial charge in [-0.15, -0.1) is 0 Å². The van der Waals surface area contributed by atoms with Crippen LogP contribution >= 0.6 is 0 Å². The molecule has 1 aliphatic rings. The molecule has 0 saturated carbocycles. The van der Waals surface area contributed by atoms with Crippen LogP contribution in [0.2, 0.25) is 0 Å². The van der Waals surface area contributed by atoms with Gasteiger partial charge in [0.25, 0.3) is 5.91 Å². The highest BCUT2D eigenvalue weighted by atomic mass is 16.5. The number of hydrogen-bond donors (Lipinski definition) is 2. The van der Waals surface area contributed by atoms with Gasteiger partial charge in [-0.25, -0.2) is 9.78 Å². The number of hydrogen-bond acceptors (Lipinski definition) is 6. The third-order valence-electron chi connectivity index (χ3n) is 7.01. The maximum Gasteiger partial charge on any atom is 0.335 e. The first-order chi connectivity index (χ1) is 19.2. The summed E-state index contributed by atoms with van der Waals surface area (Å²) in [6, 6.07) is 18.1. The lowest BCUT2D eigenvalue weighted by Gasteiger charge is -2.37. The molecule has 208 valence electrons. The molecule has 2 N–H and O–H groups in total. The standard InChI is InChI=1S/C32H35N3O5/c1-22-18-35(23(2)21-36)31(37)28-16-25(12-7-11-24-9-5-4-6-10-24)17-33-30(28)40-29(22)20-34(3)19-26-13-8-14-27(15-26)32(38)39/h4-6,8-10,13-17,22-23,29,36H,11,18-21H2,1-3H3,(H,38,39)/t22-,23-,29-/m0/s1. The van der Waals surface area contributed by atoms with Gasteiger partial charge in [0.15, 0.2) is 0 Å². The molecule has 0 saturated heterocycles. The molecule has 2 heterocycles. The number of carbonyl (C=O) groups excluding carboxylic acids is 1. The van der Waals surface area contributed by atoms with Crippen molar-refractivity contribution in [1.82, 2.24) is 14.8 Å². The summed E-state index contributed by atoms with van der Waals surface area (Å²) in [4.78, 5) is 33.2. The van der Waals surface area contributed by atoms with Crippen molar-refractivity contribution in [2.24, 2.45) is 5.92 Å². The number of benzene rings is 2. The van der Waals surface area contributed by atoms with E-state index in [1.807, 2.05) is 57.3 Å². The van der Waals surface area contributed by atoms with Crippen LogP contribution in [0.25, 0.3) is 0 Å². The molecule has 0 aliphatic carbocycles. The number of aliphatic hydroxyl groups excluding tert-OH is 1. The minimum Gasteiger partial charge on any atom is -0.478 e. The fraction of sp³-hybridized carbons (Fsp3) is 0.344. The molecule has 1 aromatic heterocycles. The predicted molar refractivity (Wildman–Crippen MR) is 152 cm³/mol. The van der Waals surface area contributed by atoms with Crippen molar-refractivity contribution in [3.8, 4) is 17.7 Å². The lowest BCUT2D eigenvalue weighted by Crippen LogP contribution is -2.49. The molecule has 3 atom stereocenters. The largest absolute Gasteiger partial charge is 0.478 e. The van der Waals surface area contributed by atoms with E-state index in [0.717, 1.165) is 11.1 Å². The molecular formula is C32H35N3O5. The van der Waals surface area contributed by atoms with E-state index in [1.54, 1.807) is 35.4 Å². The van der Waals surface area contributed by atoms with E-state index in [9.17, 15) is 19.8 Å². The average molecular weight is 542 g/mol. The van der Waals surface area contributed by atoms with Gasteiger partial charge in [-0.05, 0) is 43.3 Å². The Hall–Kier alpha value is -4.19. The second kappa shape index (κ2) is 13.2. The first kappa shape index (κ1) is 28.8. The van der Waals surface area contributed by atoms with Crippen LogP contribution in [0.1, 0.15) is 51.3 Å². The van der Waals surface area contributed by atoms with Gasteiger partial charge in [0.05, 0.1) is 18.2 Å². The average Bonchev–Trinajstić information content (AvgIpc) is 2.95. The Morgan fingerprint density at radius 1 is 1.18 bits per heavy atom. The number of carboxylic acids is 1. The Balaban J connectivity index is 1.58. The molecule has 4 rings (SSSR count). The predicted octanol–water partition coefficient (Wildman–Crippen LogP) is 3.73. The fourth-order valence-corrected chi connectivity index (χ4v) is 4.72. The number of rotatable bonds is 8. The summed E-state index contributed by atoms with van der Waals surface area (Å²) < 4.78 is 6.38. The van der Waals surface area contributed by atoms with E-state index in [4.69, 9.17) is 4.74 Å². The third kappa shape index (κ3) is 7.26. The Kier molecular flexibility index (Phi) is 9.54. The van der Waals surface area contributed by atoms with Gasteiger partial charge in [0, 0.05) is 43.7 Å². The molecule has 0 fully saturated rings. The van der Waals surface area contributed by atoms with E-state index in [-0.39, 0.29) is 42.0 Å². The summed E-state index contributed by atoms with van der Waals surface area (Å²) in [5, 5.41) is 19.2. The van der Waals surface area contributed by atoms with Crippen LogP contribution in [0.5, 0.6) is 5.88 Å². The van der Waals surface area contributed by atoms with E-state index in [0.29, 0.717) is 37.2 Å². The first-order valence-electron chi connectivity index (χ1n) is 13.4. The summed E-state index contributed by atoms with van der Waals surface area (Å²) in [6.07, 6.45) is 1.89. The maximum absolute atomic E-state index is 13.6. The second-order valence-corrected chi connectivity index (χ2v) is 10.4. The number of aromatic nitrogens is 1. The molecule has 1 amide bonds. The third-order valence-corrected chi connectivity index (χ3v) is 7.01. The van der Waals surface area contributed by atoms with Crippen LogP contribution < -0.4 is 4.74 Å². The highest BCUT2D eigenvalue weighted by molar-refractivity contribution is 5.97. The number of fused-ring (bicyclic) bond motifs is 1. The van der Waals surface area contributed by atoms with Crippen LogP contribution in [0, 0.1) is 17.8 Å². The lowest BCUT2D eigenvalue weighted by atomic mass is 9.99. The zero-order valence-corrected chi connectivity index (χ0v) is 23.1. The Morgan fingerprint density at radius 2 is 1.93 bits per heavy atom. The lowest BCUT2D eigenvalue weighted by molar-refractivity contribution is 0.0324. The summed E-state index contributed by atoms with van der Waals surface area (Å²) in [5.74, 6) is 5.23. The van der Waals surface area contributed by atoms with Gasteiger partial charge >= 0.3 is 5.97 Å². The van der Waals surface area contributed by atoms with Crippen molar-refractivity contribution < 1.29 is 24.5 Å². The van der Waals surface area contributed by atoms with Gasteiger partial charge < -0.3 is 19.8 Å². The number of pyridine rings is 1. The maximum atomic E-state index is 13.6. The number of ether oxygens (including phenoxy) is 1. The van der Waals surface area contributed by atoms with Gasteiger partial charge in [0.1, 0.15) is 11.7 Å². The Labute approximate surface area is 235 Å². The van der Waals surface area contributed by atoms with Gasteiger partial charge in [-0.3, -0.25) is 9.69 Å². The zero-order chi connectivity index (χ0) is 28.6. The molecule has 1 aliphatic heterocycles. The van der Waals surface area contributed by atoms with Crippen LogP contribution in [-0.2, 0) is 13.0 Å². The topological polar surface area (TPSA) is 103 Å². The van der Waals surface area contributed by atoms with Crippen LogP contribution in [0.4, 0.5) is 0 Å². The minimum absolute atomic E-state index is 0.0638. The molecule has 8 nitrogen and oxygen atoms in total. The van der Waals surface area contributed by atoms with E-state index in [2.05, 4.69) is 21.7 Å². The van der Waals surface area contributed by atoms with Crippen molar-refractivity contribution >= 4 is 11.9 Å². The van der Waals surface area contributed by atoms with Crippen molar-refractivity contribution in [3.63, 3.8) is 0 Å². The highest BCUT2D eigenvalue weighted by Crippen LogP contribution is 2.27. The van der Waals surface area contributed by atoms with Crippen molar-refractivity contribution in [2.45, 2.75) is 39.0 Å². The number of carboxylic acid groups (broad SMARTS) is 1.